The lowest BCUT2D eigenvalue weighted by molar-refractivity contribution is 0.268. The molecule has 1 heterocycles. The van der Waals surface area contributed by atoms with E-state index in [0.29, 0.717) is 6.04 Å². The van der Waals surface area contributed by atoms with E-state index in [-0.39, 0.29) is 0 Å². The van der Waals surface area contributed by atoms with Gasteiger partial charge >= 0.3 is 0 Å². The third-order valence-corrected chi connectivity index (χ3v) is 3.89. The standard InChI is InChI=1S/C15H24N2/c1-12-6-5-7-14(10-12)11-17-13(2)15-8-3-4-9-16-15/h3-4,8-9,12-14,17H,5-7,10-11H2,1-2H3/t12?,13-,14?/m0/s1. The fraction of sp³-hybridized carbons (Fsp3) is 0.667. The predicted molar refractivity (Wildman–Crippen MR) is 71.8 cm³/mol. The molecule has 0 aliphatic heterocycles. The van der Waals surface area contributed by atoms with E-state index in [4.69, 9.17) is 0 Å². The Kier molecular flexibility index (Phi) is 4.55. The molecule has 2 nitrogen and oxygen atoms in total. The molecule has 17 heavy (non-hydrogen) atoms. The normalized spacial score (nSPS) is 26.7. The minimum absolute atomic E-state index is 0.369. The second-order valence-corrected chi connectivity index (χ2v) is 5.52. The van der Waals surface area contributed by atoms with Crippen LogP contribution in [0.1, 0.15) is 51.3 Å². The fourth-order valence-electron chi connectivity index (χ4n) is 2.83. The highest BCUT2D eigenvalue weighted by Crippen LogP contribution is 2.28. The summed E-state index contributed by atoms with van der Waals surface area (Å²) in [5.74, 6) is 1.78. The second kappa shape index (κ2) is 6.15. The minimum atomic E-state index is 0.369. The van der Waals surface area contributed by atoms with E-state index in [2.05, 4.69) is 36.3 Å². The molecule has 2 heteroatoms. The Balaban J connectivity index is 1.78. The SMILES string of the molecule is CC1CCCC(CN[C@@H](C)c2ccccn2)C1. The molecule has 2 rings (SSSR count). The van der Waals surface area contributed by atoms with Crippen LogP contribution in [0.3, 0.4) is 0 Å². The first-order valence-electron chi connectivity index (χ1n) is 6.90. The Morgan fingerprint density at radius 1 is 1.41 bits per heavy atom. The molecule has 1 aliphatic carbocycles. The van der Waals surface area contributed by atoms with Crippen molar-refractivity contribution in [3.63, 3.8) is 0 Å². The van der Waals surface area contributed by atoms with Crippen molar-refractivity contribution in [2.24, 2.45) is 11.8 Å². The molecule has 94 valence electrons. The van der Waals surface area contributed by atoms with Crippen molar-refractivity contribution < 1.29 is 0 Å². The Morgan fingerprint density at radius 2 is 2.29 bits per heavy atom. The van der Waals surface area contributed by atoms with E-state index in [1.807, 2.05) is 12.3 Å². The van der Waals surface area contributed by atoms with Crippen LogP contribution >= 0.6 is 0 Å². The highest BCUT2D eigenvalue weighted by Gasteiger charge is 2.19. The molecule has 1 saturated carbocycles. The predicted octanol–water partition coefficient (Wildman–Crippen LogP) is 3.56. The van der Waals surface area contributed by atoms with Gasteiger partial charge in [0.25, 0.3) is 0 Å². The highest BCUT2D eigenvalue weighted by molar-refractivity contribution is 5.07. The van der Waals surface area contributed by atoms with Gasteiger partial charge in [0, 0.05) is 12.2 Å². The van der Waals surface area contributed by atoms with Crippen LogP contribution in [0.4, 0.5) is 0 Å². The molecule has 0 saturated heterocycles. The Hall–Kier alpha value is -0.890. The van der Waals surface area contributed by atoms with Gasteiger partial charge in [-0.25, -0.2) is 0 Å². The molecule has 3 atom stereocenters. The smallest absolute Gasteiger partial charge is 0.0570 e. The van der Waals surface area contributed by atoms with Crippen LogP contribution in [0.15, 0.2) is 24.4 Å². The molecule has 0 radical (unpaired) electrons. The molecule has 1 N–H and O–H groups in total. The lowest BCUT2D eigenvalue weighted by atomic mass is 9.82. The number of hydrogen-bond donors (Lipinski definition) is 1. The molecule has 0 amide bonds. The molecule has 1 aromatic rings. The van der Waals surface area contributed by atoms with Crippen molar-refractivity contribution in [1.82, 2.24) is 10.3 Å². The highest BCUT2D eigenvalue weighted by atomic mass is 14.9. The van der Waals surface area contributed by atoms with Crippen LogP contribution in [0.2, 0.25) is 0 Å². The number of pyridine rings is 1. The van der Waals surface area contributed by atoms with Gasteiger partial charge in [0.2, 0.25) is 0 Å². The van der Waals surface area contributed by atoms with Crippen LogP contribution in [0.5, 0.6) is 0 Å². The summed E-state index contributed by atoms with van der Waals surface area (Å²) < 4.78 is 0. The Labute approximate surface area is 105 Å². The monoisotopic (exact) mass is 232 g/mol. The first-order valence-corrected chi connectivity index (χ1v) is 6.90. The second-order valence-electron chi connectivity index (χ2n) is 5.52. The quantitative estimate of drug-likeness (QED) is 0.858. The van der Waals surface area contributed by atoms with Crippen molar-refractivity contribution in [1.29, 1.82) is 0 Å². The van der Waals surface area contributed by atoms with E-state index >= 15 is 0 Å². The molecule has 0 spiro atoms. The van der Waals surface area contributed by atoms with Gasteiger partial charge in [0.15, 0.2) is 0 Å². The zero-order chi connectivity index (χ0) is 12.1. The summed E-state index contributed by atoms with van der Waals surface area (Å²) in [5, 5.41) is 3.63. The van der Waals surface area contributed by atoms with Crippen molar-refractivity contribution in [2.45, 2.75) is 45.6 Å². The third kappa shape index (κ3) is 3.81. The number of nitrogens with one attached hydrogen (secondary N) is 1. The van der Waals surface area contributed by atoms with Crippen molar-refractivity contribution in [3.8, 4) is 0 Å². The molecule has 2 unspecified atom stereocenters. The van der Waals surface area contributed by atoms with Gasteiger partial charge in [-0.05, 0) is 50.3 Å². The average molecular weight is 232 g/mol. The summed E-state index contributed by atoms with van der Waals surface area (Å²) in [5.41, 5.74) is 1.15. The number of nitrogens with zero attached hydrogens (tertiary/aromatic N) is 1. The summed E-state index contributed by atoms with van der Waals surface area (Å²) in [4.78, 5) is 4.39. The number of rotatable bonds is 4. The van der Waals surface area contributed by atoms with E-state index in [0.717, 1.165) is 24.1 Å². The molecular weight excluding hydrogens is 208 g/mol. The maximum absolute atomic E-state index is 4.39. The lowest BCUT2D eigenvalue weighted by Gasteiger charge is -2.28. The summed E-state index contributed by atoms with van der Waals surface area (Å²) >= 11 is 0. The van der Waals surface area contributed by atoms with Gasteiger partial charge in [0.05, 0.1) is 5.69 Å². The van der Waals surface area contributed by atoms with Crippen molar-refractivity contribution in [2.75, 3.05) is 6.54 Å². The summed E-state index contributed by atoms with van der Waals surface area (Å²) in [6.07, 6.45) is 7.49. The van der Waals surface area contributed by atoms with E-state index in [1.54, 1.807) is 0 Å². The summed E-state index contributed by atoms with van der Waals surface area (Å²) in [7, 11) is 0. The van der Waals surface area contributed by atoms with Crippen LogP contribution in [-0.2, 0) is 0 Å². The summed E-state index contributed by atoms with van der Waals surface area (Å²) in [6.45, 7) is 5.73. The summed E-state index contributed by atoms with van der Waals surface area (Å²) in [6, 6.07) is 6.50. The number of aromatic nitrogens is 1. The Bertz CT molecular complexity index is 323. The van der Waals surface area contributed by atoms with Gasteiger partial charge < -0.3 is 5.32 Å². The maximum atomic E-state index is 4.39. The van der Waals surface area contributed by atoms with Gasteiger partial charge in [-0.3, -0.25) is 4.98 Å². The van der Waals surface area contributed by atoms with Gasteiger partial charge in [-0.15, -0.1) is 0 Å². The van der Waals surface area contributed by atoms with Crippen molar-refractivity contribution >= 4 is 0 Å². The van der Waals surface area contributed by atoms with E-state index in [1.165, 1.54) is 25.7 Å². The molecule has 1 fully saturated rings. The topological polar surface area (TPSA) is 24.9 Å². The van der Waals surface area contributed by atoms with Crippen LogP contribution in [0, 0.1) is 11.8 Å². The van der Waals surface area contributed by atoms with Crippen LogP contribution in [-0.4, -0.2) is 11.5 Å². The van der Waals surface area contributed by atoms with E-state index < -0.39 is 0 Å². The minimum Gasteiger partial charge on any atom is -0.309 e. The first-order chi connectivity index (χ1) is 8.25. The zero-order valence-corrected chi connectivity index (χ0v) is 11.0. The molecular formula is C15H24N2. The number of hydrogen-bond acceptors (Lipinski definition) is 2. The van der Waals surface area contributed by atoms with Gasteiger partial charge in [0.1, 0.15) is 0 Å². The van der Waals surface area contributed by atoms with Crippen LogP contribution in [0.25, 0.3) is 0 Å². The molecule has 0 aromatic carbocycles. The first kappa shape index (κ1) is 12.6. The van der Waals surface area contributed by atoms with Crippen molar-refractivity contribution in [3.05, 3.63) is 30.1 Å². The molecule has 1 aromatic heterocycles. The largest absolute Gasteiger partial charge is 0.309 e. The fourth-order valence-corrected chi connectivity index (χ4v) is 2.83. The van der Waals surface area contributed by atoms with E-state index in [9.17, 15) is 0 Å². The zero-order valence-electron chi connectivity index (χ0n) is 11.0. The maximum Gasteiger partial charge on any atom is 0.0570 e. The molecule has 1 aliphatic rings. The Morgan fingerprint density at radius 3 is 3.00 bits per heavy atom. The van der Waals surface area contributed by atoms with Crippen LogP contribution < -0.4 is 5.32 Å². The average Bonchev–Trinajstić information content (AvgIpc) is 2.37. The van der Waals surface area contributed by atoms with Gasteiger partial charge in [-0.2, -0.15) is 0 Å². The lowest BCUT2D eigenvalue weighted by Crippen LogP contribution is -2.29. The molecule has 0 bridgehead atoms. The third-order valence-electron chi connectivity index (χ3n) is 3.89. The van der Waals surface area contributed by atoms with Gasteiger partial charge in [-0.1, -0.05) is 25.8 Å².